The molecule has 0 saturated carbocycles. The fraction of sp³-hybridized carbons (Fsp3) is 0.0286. The van der Waals surface area contributed by atoms with Crippen LogP contribution in [0.15, 0.2) is 151 Å². The van der Waals surface area contributed by atoms with Crippen LogP contribution in [-0.2, 0) is 0 Å². The van der Waals surface area contributed by atoms with E-state index in [1.54, 1.807) is 12.1 Å². The van der Waals surface area contributed by atoms with E-state index >= 15 is 0 Å². The number of hydrogen-bond donors (Lipinski definition) is 0. The molecule has 0 bridgehead atoms. The van der Waals surface area contributed by atoms with E-state index in [4.69, 9.17) is 0 Å². The molecule has 6 rings (SSSR count). The molecule has 0 saturated heterocycles. The van der Waals surface area contributed by atoms with Crippen LogP contribution < -0.4 is 9.80 Å². The van der Waals surface area contributed by atoms with Gasteiger partial charge in [0.05, 0.1) is 0 Å². The molecule has 0 aromatic heterocycles. The van der Waals surface area contributed by atoms with Crippen molar-refractivity contribution in [1.82, 2.24) is 0 Å². The lowest BCUT2D eigenvalue weighted by Gasteiger charge is -2.26. The molecule has 0 aliphatic rings. The Balaban J connectivity index is 1.28. The van der Waals surface area contributed by atoms with Crippen molar-refractivity contribution in [3.05, 3.63) is 150 Å². The van der Waals surface area contributed by atoms with Crippen LogP contribution in [-0.4, -0.2) is 7.05 Å². The number of nitroso groups, excluding NO2 is 1. The van der Waals surface area contributed by atoms with Crippen molar-refractivity contribution in [3.8, 4) is 11.1 Å². The molecule has 0 unspecified atom stereocenters. The van der Waals surface area contributed by atoms with Crippen LogP contribution in [0, 0.1) is 4.91 Å². The van der Waals surface area contributed by atoms with E-state index in [0.29, 0.717) is 5.69 Å². The van der Waals surface area contributed by atoms with Crippen LogP contribution in [0.2, 0.25) is 0 Å². The normalized spacial score (nSPS) is 10.8. The highest BCUT2D eigenvalue weighted by molar-refractivity contribution is 5.89. The van der Waals surface area contributed by atoms with E-state index < -0.39 is 0 Å². The van der Waals surface area contributed by atoms with Crippen molar-refractivity contribution in [3.63, 3.8) is 0 Å². The van der Waals surface area contributed by atoms with Gasteiger partial charge in [-0.15, -0.1) is 4.91 Å². The van der Waals surface area contributed by atoms with E-state index in [1.807, 2.05) is 25.2 Å². The summed E-state index contributed by atoms with van der Waals surface area (Å²) in [7, 11) is 2.01. The summed E-state index contributed by atoms with van der Waals surface area (Å²) in [6.45, 7) is 0. The number of nitrogens with zero attached hydrogens (tertiary/aromatic N) is 3. The minimum absolute atomic E-state index is 0.428. The van der Waals surface area contributed by atoms with Crippen LogP contribution in [0.5, 0.6) is 0 Å². The monoisotopic (exact) mass is 505 g/mol. The van der Waals surface area contributed by atoms with Gasteiger partial charge in [-0.3, -0.25) is 0 Å². The Bertz CT molecular complexity index is 1710. The molecule has 39 heavy (non-hydrogen) atoms. The average Bonchev–Trinajstić information content (AvgIpc) is 3.02. The summed E-state index contributed by atoms with van der Waals surface area (Å²) in [5, 5.41) is 5.43. The van der Waals surface area contributed by atoms with Crippen molar-refractivity contribution >= 4 is 44.9 Å². The first-order valence-corrected chi connectivity index (χ1v) is 12.9. The molecular weight excluding hydrogens is 478 g/mol. The molecule has 6 aromatic rings. The Morgan fingerprint density at radius 1 is 0.462 bits per heavy atom. The lowest BCUT2D eigenvalue weighted by molar-refractivity contribution is 1.21. The Labute approximate surface area is 228 Å². The van der Waals surface area contributed by atoms with Crippen LogP contribution in [0.3, 0.4) is 0 Å². The molecule has 4 nitrogen and oxygen atoms in total. The molecule has 0 spiro atoms. The van der Waals surface area contributed by atoms with E-state index in [9.17, 15) is 4.91 Å². The van der Waals surface area contributed by atoms with Gasteiger partial charge in [-0.05, 0) is 99.9 Å². The summed E-state index contributed by atoms with van der Waals surface area (Å²) in [6, 6.07) is 50.0. The molecule has 6 aromatic carbocycles. The topological polar surface area (TPSA) is 35.9 Å². The number of hydrogen-bond acceptors (Lipinski definition) is 4. The van der Waals surface area contributed by atoms with E-state index in [1.165, 1.54) is 10.8 Å². The van der Waals surface area contributed by atoms with E-state index in [2.05, 4.69) is 130 Å². The second-order valence-corrected chi connectivity index (χ2v) is 9.46. The summed E-state index contributed by atoms with van der Waals surface area (Å²) >= 11 is 0. The van der Waals surface area contributed by atoms with Crippen molar-refractivity contribution in [1.29, 1.82) is 0 Å². The van der Waals surface area contributed by atoms with Crippen LogP contribution >= 0.6 is 0 Å². The first-order chi connectivity index (χ1) is 19.2. The largest absolute Gasteiger partial charge is 0.345 e. The molecule has 0 amide bonds. The van der Waals surface area contributed by atoms with Crippen molar-refractivity contribution < 1.29 is 0 Å². The molecule has 0 aliphatic carbocycles. The highest BCUT2D eigenvalue weighted by Gasteiger charge is 2.13. The Kier molecular flexibility index (Phi) is 6.59. The molecule has 0 N–H and O–H groups in total. The van der Waals surface area contributed by atoms with E-state index in [-0.39, 0.29) is 0 Å². The second-order valence-electron chi connectivity index (χ2n) is 9.46. The van der Waals surface area contributed by atoms with Gasteiger partial charge in [-0.25, -0.2) is 0 Å². The van der Waals surface area contributed by atoms with Gasteiger partial charge in [-0.1, -0.05) is 72.8 Å². The number of fused-ring (bicyclic) bond motifs is 1. The lowest BCUT2D eigenvalue weighted by atomic mass is 10.0. The van der Waals surface area contributed by atoms with Crippen molar-refractivity contribution in [2.75, 3.05) is 16.8 Å². The van der Waals surface area contributed by atoms with Gasteiger partial charge in [0.15, 0.2) is 0 Å². The Morgan fingerprint density at radius 3 is 1.56 bits per heavy atom. The maximum Gasteiger partial charge on any atom is 0.108 e. The summed E-state index contributed by atoms with van der Waals surface area (Å²) in [6.07, 6.45) is 0. The molecule has 0 radical (unpaired) electrons. The molecule has 0 fully saturated rings. The van der Waals surface area contributed by atoms with Gasteiger partial charge in [-0.2, -0.15) is 0 Å². The third-order valence-electron chi connectivity index (χ3n) is 7.06. The lowest BCUT2D eigenvalue weighted by Crippen LogP contribution is -2.09. The summed E-state index contributed by atoms with van der Waals surface area (Å²) in [5.74, 6) is 0. The first kappa shape index (κ1) is 24.1. The van der Waals surface area contributed by atoms with Crippen LogP contribution in [0.25, 0.3) is 21.9 Å². The van der Waals surface area contributed by atoms with Crippen LogP contribution in [0.4, 0.5) is 34.1 Å². The Hall–Kier alpha value is -5.22. The van der Waals surface area contributed by atoms with Gasteiger partial charge in [0, 0.05) is 35.5 Å². The summed E-state index contributed by atoms with van der Waals surface area (Å²) < 4.78 is 0. The third-order valence-corrected chi connectivity index (χ3v) is 7.06. The maximum atomic E-state index is 10.7. The molecular formula is C35H27N3O. The number of anilines is 5. The quantitative estimate of drug-likeness (QED) is 0.203. The van der Waals surface area contributed by atoms with Crippen molar-refractivity contribution in [2.24, 2.45) is 5.18 Å². The highest BCUT2D eigenvalue weighted by atomic mass is 16.3. The molecule has 0 heterocycles. The zero-order valence-electron chi connectivity index (χ0n) is 21.6. The van der Waals surface area contributed by atoms with E-state index in [0.717, 1.165) is 39.6 Å². The standard InChI is InChI=1S/C35H27N3O/c1-37(32-23-16-30(36-39)17-24-32)31-18-11-27(12-19-31)28-13-20-34(21-14-28)38(33-9-3-2-4-10-33)35-22-15-26-7-5-6-8-29(26)25-35/h2-25H,1H3. The minimum Gasteiger partial charge on any atom is -0.345 e. The molecule has 188 valence electrons. The highest BCUT2D eigenvalue weighted by Crippen LogP contribution is 2.37. The predicted molar refractivity (Wildman–Crippen MR) is 164 cm³/mol. The van der Waals surface area contributed by atoms with Crippen molar-refractivity contribution in [2.45, 2.75) is 0 Å². The zero-order valence-corrected chi connectivity index (χ0v) is 21.6. The average molecular weight is 506 g/mol. The fourth-order valence-corrected chi connectivity index (χ4v) is 4.91. The smallest absolute Gasteiger partial charge is 0.108 e. The number of rotatable bonds is 7. The third kappa shape index (κ3) is 5.00. The summed E-state index contributed by atoms with van der Waals surface area (Å²) in [5.41, 5.74) is 8.13. The first-order valence-electron chi connectivity index (χ1n) is 12.9. The zero-order chi connectivity index (χ0) is 26.6. The second kappa shape index (κ2) is 10.6. The number of para-hydroxylation sites is 1. The molecule has 4 heteroatoms. The van der Waals surface area contributed by atoms with Gasteiger partial charge in [0.2, 0.25) is 0 Å². The number of benzene rings is 6. The Morgan fingerprint density at radius 2 is 0.949 bits per heavy atom. The maximum absolute atomic E-state index is 10.7. The predicted octanol–water partition coefficient (Wildman–Crippen LogP) is 10.1. The fourth-order valence-electron chi connectivity index (χ4n) is 4.91. The SMILES string of the molecule is CN(c1ccc(N=O)cc1)c1ccc(-c2ccc(N(c3ccccc3)c3ccc4ccccc4c3)cc2)cc1. The van der Waals surface area contributed by atoms with Gasteiger partial charge in [0.1, 0.15) is 5.69 Å². The van der Waals surface area contributed by atoms with Gasteiger partial charge in [0.25, 0.3) is 0 Å². The van der Waals surface area contributed by atoms with Gasteiger partial charge >= 0.3 is 0 Å². The minimum atomic E-state index is 0.428. The molecule has 0 atom stereocenters. The molecule has 0 aliphatic heterocycles. The summed E-state index contributed by atoms with van der Waals surface area (Å²) in [4.78, 5) is 15.1. The van der Waals surface area contributed by atoms with Gasteiger partial charge < -0.3 is 9.80 Å². The van der Waals surface area contributed by atoms with Crippen LogP contribution in [0.1, 0.15) is 0 Å².